The van der Waals surface area contributed by atoms with Crippen molar-refractivity contribution in [2.75, 3.05) is 5.32 Å². The summed E-state index contributed by atoms with van der Waals surface area (Å²) in [4.78, 5) is 37.0. The number of anilines is 1. The molecule has 0 radical (unpaired) electrons. The van der Waals surface area contributed by atoms with E-state index in [0.717, 1.165) is 6.20 Å². The second kappa shape index (κ2) is 7.66. The minimum atomic E-state index is -1.34. The lowest BCUT2D eigenvalue weighted by Crippen LogP contribution is -2.42. The molecule has 1 aliphatic rings. The molecule has 1 aliphatic heterocycles. The SMILES string of the molecule is CC1(C)OC(=O)C(=CNc2ccc(Cl)cc2C(=O)c2ccccc2Cl)C(=O)O1. The molecule has 2 aromatic carbocycles. The average molecular weight is 420 g/mol. The van der Waals surface area contributed by atoms with E-state index < -0.39 is 17.7 Å². The maximum atomic E-state index is 12.9. The molecule has 3 rings (SSSR count). The van der Waals surface area contributed by atoms with Gasteiger partial charge >= 0.3 is 11.9 Å². The van der Waals surface area contributed by atoms with Gasteiger partial charge in [0.15, 0.2) is 11.4 Å². The predicted octanol–water partition coefficient (Wildman–Crippen LogP) is 4.36. The van der Waals surface area contributed by atoms with Gasteiger partial charge in [-0.15, -0.1) is 0 Å². The normalized spacial score (nSPS) is 15.5. The second-order valence-electron chi connectivity index (χ2n) is 6.38. The summed E-state index contributed by atoms with van der Waals surface area (Å²) in [6.45, 7) is 2.90. The lowest BCUT2D eigenvalue weighted by atomic mass is 10.0. The number of hydrogen-bond acceptors (Lipinski definition) is 6. The predicted molar refractivity (Wildman–Crippen MR) is 104 cm³/mol. The summed E-state index contributed by atoms with van der Waals surface area (Å²) < 4.78 is 10.1. The van der Waals surface area contributed by atoms with E-state index in [-0.39, 0.29) is 16.9 Å². The van der Waals surface area contributed by atoms with Crippen LogP contribution in [0.3, 0.4) is 0 Å². The largest absolute Gasteiger partial charge is 0.419 e. The van der Waals surface area contributed by atoms with E-state index in [0.29, 0.717) is 21.3 Å². The summed E-state index contributed by atoms with van der Waals surface area (Å²) in [5.41, 5.74) is 0.508. The summed E-state index contributed by atoms with van der Waals surface area (Å²) >= 11 is 12.2. The molecule has 144 valence electrons. The molecule has 1 saturated heterocycles. The molecule has 0 amide bonds. The van der Waals surface area contributed by atoms with E-state index in [4.69, 9.17) is 32.7 Å². The quantitative estimate of drug-likeness (QED) is 0.343. The van der Waals surface area contributed by atoms with E-state index in [1.807, 2.05) is 0 Å². The number of rotatable bonds is 4. The molecule has 0 unspecified atom stereocenters. The molecule has 28 heavy (non-hydrogen) atoms. The average Bonchev–Trinajstić information content (AvgIpc) is 2.61. The minimum Gasteiger partial charge on any atom is -0.419 e. The van der Waals surface area contributed by atoms with Gasteiger partial charge in [0.05, 0.1) is 5.02 Å². The number of hydrogen-bond donors (Lipinski definition) is 1. The van der Waals surface area contributed by atoms with Crippen molar-refractivity contribution in [3.63, 3.8) is 0 Å². The molecule has 0 atom stereocenters. The number of carbonyl (C=O) groups is 3. The maximum Gasteiger partial charge on any atom is 0.350 e. The zero-order valence-corrected chi connectivity index (χ0v) is 16.4. The molecule has 6 nitrogen and oxygen atoms in total. The van der Waals surface area contributed by atoms with Crippen LogP contribution in [0.15, 0.2) is 54.2 Å². The highest BCUT2D eigenvalue weighted by Gasteiger charge is 2.39. The van der Waals surface area contributed by atoms with Crippen molar-refractivity contribution in [2.24, 2.45) is 0 Å². The van der Waals surface area contributed by atoms with Gasteiger partial charge in [-0.25, -0.2) is 9.59 Å². The zero-order valence-electron chi connectivity index (χ0n) is 14.9. The van der Waals surface area contributed by atoms with Crippen LogP contribution in [0, 0.1) is 0 Å². The van der Waals surface area contributed by atoms with E-state index >= 15 is 0 Å². The van der Waals surface area contributed by atoms with E-state index in [2.05, 4.69) is 5.32 Å². The van der Waals surface area contributed by atoms with Crippen LogP contribution in [-0.4, -0.2) is 23.5 Å². The van der Waals surface area contributed by atoms with Gasteiger partial charge in [0.2, 0.25) is 0 Å². The minimum absolute atomic E-state index is 0.218. The van der Waals surface area contributed by atoms with Crippen LogP contribution in [-0.2, 0) is 19.1 Å². The Hall–Kier alpha value is -2.83. The Bertz CT molecular complexity index is 991. The van der Waals surface area contributed by atoms with Gasteiger partial charge in [-0.1, -0.05) is 35.3 Å². The Balaban J connectivity index is 1.94. The van der Waals surface area contributed by atoms with Crippen molar-refractivity contribution in [3.05, 3.63) is 75.4 Å². The second-order valence-corrected chi connectivity index (χ2v) is 7.22. The van der Waals surface area contributed by atoms with E-state index in [1.165, 1.54) is 19.9 Å². The lowest BCUT2D eigenvalue weighted by Gasteiger charge is -2.29. The highest BCUT2D eigenvalue weighted by atomic mass is 35.5. The van der Waals surface area contributed by atoms with Gasteiger partial charge in [0.25, 0.3) is 5.79 Å². The topological polar surface area (TPSA) is 81.7 Å². The van der Waals surface area contributed by atoms with Crippen molar-refractivity contribution in [3.8, 4) is 0 Å². The lowest BCUT2D eigenvalue weighted by molar-refractivity contribution is -0.222. The van der Waals surface area contributed by atoms with Crippen molar-refractivity contribution < 1.29 is 23.9 Å². The van der Waals surface area contributed by atoms with E-state index in [1.54, 1.807) is 36.4 Å². The number of halogens is 2. The first-order valence-electron chi connectivity index (χ1n) is 8.20. The standard InChI is InChI=1S/C20H15Cl2NO5/c1-20(2)27-18(25)14(19(26)28-20)10-23-16-8-7-11(21)9-13(16)17(24)12-5-3-4-6-15(12)22/h3-10,23H,1-2H3. The van der Waals surface area contributed by atoms with Crippen LogP contribution in [0.2, 0.25) is 10.0 Å². The highest BCUT2D eigenvalue weighted by molar-refractivity contribution is 6.35. The van der Waals surface area contributed by atoms with Gasteiger partial charge in [-0.3, -0.25) is 4.79 Å². The molecule has 0 spiro atoms. The number of benzene rings is 2. The van der Waals surface area contributed by atoms with Crippen LogP contribution in [0.1, 0.15) is 29.8 Å². The molecule has 0 aliphatic carbocycles. The van der Waals surface area contributed by atoms with Crippen molar-refractivity contribution in [1.82, 2.24) is 0 Å². The first kappa shape index (κ1) is 19.9. The van der Waals surface area contributed by atoms with Gasteiger partial charge < -0.3 is 14.8 Å². The van der Waals surface area contributed by atoms with Gasteiger partial charge in [-0.05, 0) is 30.3 Å². The number of ether oxygens (including phenoxy) is 2. The Morgan fingerprint density at radius 1 is 1.00 bits per heavy atom. The van der Waals surface area contributed by atoms with Crippen LogP contribution in [0.4, 0.5) is 5.69 Å². The summed E-state index contributed by atoms with van der Waals surface area (Å²) in [6, 6.07) is 11.2. The molecule has 2 aromatic rings. The Kier molecular flexibility index (Phi) is 5.45. The Morgan fingerprint density at radius 2 is 1.64 bits per heavy atom. The molecule has 0 bridgehead atoms. The molecule has 0 saturated carbocycles. The summed E-state index contributed by atoms with van der Waals surface area (Å²) in [5.74, 6) is -3.37. The number of carbonyl (C=O) groups excluding carboxylic acids is 3. The fourth-order valence-electron chi connectivity index (χ4n) is 2.55. The van der Waals surface area contributed by atoms with Gasteiger partial charge in [-0.2, -0.15) is 0 Å². The van der Waals surface area contributed by atoms with Crippen LogP contribution >= 0.6 is 23.2 Å². The highest BCUT2D eigenvalue weighted by Crippen LogP contribution is 2.28. The molecule has 1 heterocycles. The Labute approximate surface area is 171 Å². The van der Waals surface area contributed by atoms with Crippen molar-refractivity contribution >= 4 is 46.6 Å². The smallest absolute Gasteiger partial charge is 0.350 e. The number of ketones is 1. The molecule has 1 N–H and O–H groups in total. The summed E-state index contributed by atoms with van der Waals surface area (Å²) in [5, 5.41) is 3.41. The van der Waals surface area contributed by atoms with Crippen molar-refractivity contribution in [1.29, 1.82) is 0 Å². The third-order valence-electron chi connectivity index (χ3n) is 3.83. The number of cyclic esters (lactones) is 2. The zero-order chi connectivity index (χ0) is 20.5. The molecule has 0 aromatic heterocycles. The monoisotopic (exact) mass is 419 g/mol. The third kappa shape index (κ3) is 4.18. The molecular weight excluding hydrogens is 405 g/mol. The number of nitrogens with one attached hydrogen (secondary N) is 1. The van der Waals surface area contributed by atoms with Gasteiger partial charge in [0.1, 0.15) is 0 Å². The van der Waals surface area contributed by atoms with Gasteiger partial charge in [0, 0.05) is 41.9 Å². The molecule has 1 fully saturated rings. The maximum absolute atomic E-state index is 12.9. The first-order chi connectivity index (χ1) is 13.2. The van der Waals surface area contributed by atoms with Crippen LogP contribution in [0.25, 0.3) is 0 Å². The number of esters is 2. The third-order valence-corrected chi connectivity index (χ3v) is 4.40. The first-order valence-corrected chi connectivity index (χ1v) is 8.96. The van der Waals surface area contributed by atoms with E-state index in [9.17, 15) is 14.4 Å². The molecule has 8 heteroatoms. The van der Waals surface area contributed by atoms with Crippen LogP contribution < -0.4 is 5.32 Å². The summed E-state index contributed by atoms with van der Waals surface area (Å²) in [6.07, 6.45) is 1.13. The van der Waals surface area contributed by atoms with Crippen molar-refractivity contribution in [2.45, 2.75) is 19.6 Å². The summed E-state index contributed by atoms with van der Waals surface area (Å²) in [7, 11) is 0. The van der Waals surface area contributed by atoms with Crippen LogP contribution in [0.5, 0.6) is 0 Å². The molecular formula is C20H15Cl2NO5. The Morgan fingerprint density at radius 3 is 2.29 bits per heavy atom. The fraction of sp³-hybridized carbons (Fsp3) is 0.150. The fourth-order valence-corrected chi connectivity index (χ4v) is 2.94.